The van der Waals surface area contributed by atoms with Crippen molar-refractivity contribution in [3.05, 3.63) is 35.9 Å². The summed E-state index contributed by atoms with van der Waals surface area (Å²) in [6.45, 7) is 0. The average Bonchev–Trinajstić information content (AvgIpc) is 2.48. The minimum Gasteiger partial charge on any atom is -0.323 e. The van der Waals surface area contributed by atoms with Crippen molar-refractivity contribution in [3.8, 4) is 0 Å². The summed E-state index contributed by atoms with van der Waals surface area (Å²) < 4.78 is 12.7. The van der Waals surface area contributed by atoms with Crippen LogP contribution >= 0.6 is 0 Å². The standard InChI is InChI=1S/C10H9FN2O2/c11-13-9(14)8(12-10(13)15)6-7-4-2-1-3-5-7/h1-5,8H,6H2,(H,12,15). The highest BCUT2D eigenvalue weighted by atomic mass is 19.2. The van der Waals surface area contributed by atoms with Crippen LogP contribution < -0.4 is 5.32 Å². The first-order valence-corrected chi connectivity index (χ1v) is 4.52. The zero-order valence-corrected chi connectivity index (χ0v) is 7.81. The fraction of sp³-hybridized carbons (Fsp3) is 0.200. The fourth-order valence-corrected chi connectivity index (χ4v) is 1.49. The summed E-state index contributed by atoms with van der Waals surface area (Å²) in [4.78, 5) is 22.0. The van der Waals surface area contributed by atoms with Gasteiger partial charge in [-0.2, -0.15) is 0 Å². The molecule has 1 N–H and O–H groups in total. The van der Waals surface area contributed by atoms with Crippen molar-refractivity contribution in [3.63, 3.8) is 0 Å². The molecule has 0 radical (unpaired) electrons. The summed E-state index contributed by atoms with van der Waals surface area (Å²) in [5, 5.41) is 1.88. The predicted molar refractivity (Wildman–Crippen MR) is 50.4 cm³/mol. The molecule has 0 aromatic heterocycles. The Balaban J connectivity index is 2.09. The van der Waals surface area contributed by atoms with Crippen LogP contribution in [0.15, 0.2) is 30.3 Å². The minimum atomic E-state index is -0.985. The van der Waals surface area contributed by atoms with Gasteiger partial charge in [0.05, 0.1) is 0 Å². The third-order valence-electron chi connectivity index (χ3n) is 2.25. The lowest BCUT2D eigenvalue weighted by Crippen LogP contribution is -2.30. The Morgan fingerprint density at radius 2 is 1.93 bits per heavy atom. The molecule has 1 aliphatic rings. The lowest BCUT2D eigenvalue weighted by atomic mass is 10.1. The summed E-state index contributed by atoms with van der Waals surface area (Å²) in [5.74, 6) is -0.830. The molecule has 5 heteroatoms. The minimum absolute atomic E-state index is 0.311. The maximum absolute atomic E-state index is 12.7. The van der Waals surface area contributed by atoms with Gasteiger partial charge in [0.15, 0.2) is 0 Å². The van der Waals surface area contributed by atoms with E-state index in [2.05, 4.69) is 5.32 Å². The molecule has 78 valence electrons. The topological polar surface area (TPSA) is 49.4 Å². The molecule has 1 heterocycles. The SMILES string of the molecule is O=C1NC(Cc2ccccc2)C(=O)N1F. The molecule has 1 aliphatic heterocycles. The van der Waals surface area contributed by atoms with Gasteiger partial charge in [-0.05, 0) is 5.56 Å². The van der Waals surface area contributed by atoms with Crippen molar-refractivity contribution in [1.29, 1.82) is 0 Å². The second-order valence-corrected chi connectivity index (χ2v) is 3.31. The van der Waals surface area contributed by atoms with Gasteiger partial charge >= 0.3 is 6.03 Å². The number of urea groups is 1. The quantitative estimate of drug-likeness (QED) is 0.583. The molecule has 0 spiro atoms. The van der Waals surface area contributed by atoms with E-state index in [1.54, 1.807) is 0 Å². The largest absolute Gasteiger partial charge is 0.353 e. The van der Waals surface area contributed by atoms with Crippen LogP contribution in [0.4, 0.5) is 9.28 Å². The molecule has 1 atom stereocenters. The third kappa shape index (κ3) is 1.81. The van der Waals surface area contributed by atoms with Crippen molar-refractivity contribution in [2.24, 2.45) is 0 Å². The Morgan fingerprint density at radius 1 is 1.27 bits per heavy atom. The molecular formula is C10H9FN2O2. The van der Waals surface area contributed by atoms with Crippen LogP contribution in [0.2, 0.25) is 0 Å². The molecule has 0 aliphatic carbocycles. The molecule has 15 heavy (non-hydrogen) atoms. The van der Waals surface area contributed by atoms with Crippen LogP contribution in [0.1, 0.15) is 5.56 Å². The highest BCUT2D eigenvalue weighted by molar-refractivity contribution is 6.02. The molecular weight excluding hydrogens is 199 g/mol. The number of rotatable bonds is 2. The zero-order valence-electron chi connectivity index (χ0n) is 7.81. The molecule has 1 aromatic carbocycles. The number of amides is 3. The molecule has 0 saturated carbocycles. The van der Waals surface area contributed by atoms with Crippen LogP contribution in [0.25, 0.3) is 0 Å². The number of carbonyl (C=O) groups is 2. The van der Waals surface area contributed by atoms with Gasteiger partial charge in [0, 0.05) is 6.42 Å². The molecule has 0 bridgehead atoms. The number of hydrogen-bond donors (Lipinski definition) is 1. The van der Waals surface area contributed by atoms with Crippen molar-refractivity contribution < 1.29 is 14.1 Å². The van der Waals surface area contributed by atoms with E-state index in [0.29, 0.717) is 6.42 Å². The number of imide groups is 1. The number of nitrogens with zero attached hydrogens (tertiary/aromatic N) is 1. The van der Waals surface area contributed by atoms with Gasteiger partial charge < -0.3 is 5.32 Å². The van der Waals surface area contributed by atoms with E-state index < -0.39 is 18.0 Å². The molecule has 3 amide bonds. The monoisotopic (exact) mass is 208 g/mol. The first kappa shape index (κ1) is 9.64. The zero-order chi connectivity index (χ0) is 10.8. The van der Waals surface area contributed by atoms with Gasteiger partial charge in [-0.3, -0.25) is 4.79 Å². The summed E-state index contributed by atoms with van der Waals surface area (Å²) in [7, 11) is 0. The molecule has 2 rings (SSSR count). The van der Waals surface area contributed by atoms with Crippen LogP contribution in [0.3, 0.4) is 0 Å². The van der Waals surface area contributed by atoms with Crippen LogP contribution in [0.5, 0.6) is 0 Å². The smallest absolute Gasteiger partial charge is 0.323 e. The first-order valence-electron chi connectivity index (χ1n) is 4.52. The highest BCUT2D eigenvalue weighted by Gasteiger charge is 2.38. The normalized spacial score (nSPS) is 20.6. The highest BCUT2D eigenvalue weighted by Crippen LogP contribution is 2.11. The molecule has 1 saturated heterocycles. The van der Waals surface area contributed by atoms with Gasteiger partial charge in [0.2, 0.25) is 0 Å². The van der Waals surface area contributed by atoms with Crippen molar-refractivity contribution in [1.82, 2.24) is 10.4 Å². The van der Waals surface area contributed by atoms with Crippen molar-refractivity contribution in [2.75, 3.05) is 0 Å². The van der Waals surface area contributed by atoms with Crippen molar-refractivity contribution in [2.45, 2.75) is 12.5 Å². The van der Waals surface area contributed by atoms with Crippen LogP contribution in [-0.4, -0.2) is 23.1 Å². The Labute approximate surface area is 85.6 Å². The van der Waals surface area contributed by atoms with E-state index in [1.165, 1.54) is 0 Å². The first-order chi connectivity index (χ1) is 7.18. The summed E-state index contributed by atoms with van der Waals surface area (Å²) in [6, 6.07) is 7.36. The number of hydrogen-bond acceptors (Lipinski definition) is 2. The summed E-state index contributed by atoms with van der Waals surface area (Å²) >= 11 is 0. The Bertz CT molecular complexity index is 394. The van der Waals surface area contributed by atoms with E-state index in [4.69, 9.17) is 0 Å². The van der Waals surface area contributed by atoms with Gasteiger partial charge in [-0.15, -0.1) is 0 Å². The van der Waals surface area contributed by atoms with Gasteiger partial charge in [0.25, 0.3) is 5.91 Å². The number of nitrogens with one attached hydrogen (secondary N) is 1. The Morgan fingerprint density at radius 3 is 2.47 bits per heavy atom. The second kappa shape index (κ2) is 3.68. The third-order valence-corrected chi connectivity index (χ3v) is 2.25. The molecule has 1 fully saturated rings. The van der Waals surface area contributed by atoms with Crippen molar-refractivity contribution >= 4 is 11.9 Å². The van der Waals surface area contributed by atoms with Gasteiger partial charge in [-0.25, -0.2) is 4.79 Å². The fourth-order valence-electron chi connectivity index (χ4n) is 1.49. The van der Waals surface area contributed by atoms with E-state index in [9.17, 15) is 14.1 Å². The molecule has 1 unspecified atom stereocenters. The van der Waals surface area contributed by atoms with E-state index >= 15 is 0 Å². The number of halogens is 1. The van der Waals surface area contributed by atoms with Crippen LogP contribution in [-0.2, 0) is 11.2 Å². The lowest BCUT2D eigenvalue weighted by molar-refractivity contribution is -0.137. The van der Waals surface area contributed by atoms with E-state index in [-0.39, 0.29) is 5.12 Å². The van der Waals surface area contributed by atoms with Crippen LogP contribution in [0, 0.1) is 0 Å². The Hall–Kier alpha value is -1.91. The second-order valence-electron chi connectivity index (χ2n) is 3.31. The van der Waals surface area contributed by atoms with Gasteiger partial charge in [0.1, 0.15) is 6.04 Å². The number of carbonyl (C=O) groups excluding carboxylic acids is 2. The van der Waals surface area contributed by atoms with E-state index in [1.807, 2.05) is 30.3 Å². The molecule has 1 aromatic rings. The number of benzene rings is 1. The maximum Gasteiger partial charge on any atom is 0.353 e. The maximum atomic E-state index is 12.7. The molecule has 4 nitrogen and oxygen atoms in total. The summed E-state index contributed by atoms with van der Waals surface area (Å²) in [5.41, 5.74) is 0.881. The Kier molecular flexibility index (Phi) is 2.37. The lowest BCUT2D eigenvalue weighted by Gasteiger charge is -2.06. The van der Waals surface area contributed by atoms with Gasteiger partial charge in [-0.1, -0.05) is 39.9 Å². The average molecular weight is 208 g/mol. The summed E-state index contributed by atoms with van der Waals surface area (Å²) in [6.07, 6.45) is 0.311. The van der Waals surface area contributed by atoms with E-state index in [0.717, 1.165) is 5.56 Å². The predicted octanol–water partition coefficient (Wildman–Crippen LogP) is 1.03.